The summed E-state index contributed by atoms with van der Waals surface area (Å²) < 4.78 is 0. The SMILES string of the molecule is CC(=O)NC(CSc1ccc(Cl)cc1)C(=O)NCCN(C)C. The van der Waals surface area contributed by atoms with Gasteiger partial charge in [-0.2, -0.15) is 0 Å². The van der Waals surface area contributed by atoms with Crippen molar-refractivity contribution in [1.29, 1.82) is 0 Å². The summed E-state index contributed by atoms with van der Waals surface area (Å²) >= 11 is 7.34. The van der Waals surface area contributed by atoms with Crippen molar-refractivity contribution in [2.45, 2.75) is 17.9 Å². The number of likely N-dealkylation sites (N-methyl/N-ethyl adjacent to an activating group) is 1. The molecule has 2 N–H and O–H groups in total. The highest BCUT2D eigenvalue weighted by Crippen LogP contribution is 2.21. The zero-order chi connectivity index (χ0) is 16.5. The minimum atomic E-state index is -0.555. The van der Waals surface area contributed by atoms with Crippen molar-refractivity contribution in [2.24, 2.45) is 0 Å². The van der Waals surface area contributed by atoms with Gasteiger partial charge in [0.2, 0.25) is 11.8 Å². The molecule has 122 valence electrons. The Morgan fingerprint density at radius 2 is 1.91 bits per heavy atom. The average molecular weight is 344 g/mol. The molecule has 1 aromatic carbocycles. The van der Waals surface area contributed by atoms with Gasteiger partial charge in [-0.3, -0.25) is 9.59 Å². The molecule has 0 radical (unpaired) electrons. The summed E-state index contributed by atoms with van der Waals surface area (Å²) in [7, 11) is 3.88. The molecule has 0 spiro atoms. The molecule has 2 amide bonds. The fourth-order valence-corrected chi connectivity index (χ4v) is 2.71. The second-order valence-electron chi connectivity index (χ2n) is 5.11. The molecule has 1 rings (SSSR count). The molecule has 0 aromatic heterocycles. The number of hydrogen-bond donors (Lipinski definition) is 2. The minimum absolute atomic E-state index is 0.168. The maximum absolute atomic E-state index is 12.2. The van der Waals surface area contributed by atoms with Gasteiger partial charge in [0.25, 0.3) is 0 Å². The van der Waals surface area contributed by atoms with Crippen LogP contribution in [0.1, 0.15) is 6.92 Å². The predicted octanol–water partition coefficient (Wildman–Crippen LogP) is 1.61. The first-order chi connectivity index (χ1) is 10.4. The summed E-state index contributed by atoms with van der Waals surface area (Å²) in [4.78, 5) is 26.4. The Hall–Kier alpha value is -1.24. The first kappa shape index (κ1) is 18.8. The molecular weight excluding hydrogens is 322 g/mol. The highest BCUT2D eigenvalue weighted by atomic mass is 35.5. The van der Waals surface area contributed by atoms with E-state index < -0.39 is 6.04 Å². The molecule has 0 heterocycles. The van der Waals surface area contributed by atoms with Crippen molar-refractivity contribution in [3.8, 4) is 0 Å². The Balaban J connectivity index is 2.53. The lowest BCUT2D eigenvalue weighted by Gasteiger charge is -2.18. The Labute approximate surface area is 140 Å². The third-order valence-electron chi connectivity index (χ3n) is 2.78. The third kappa shape index (κ3) is 7.68. The number of amides is 2. The Morgan fingerprint density at radius 1 is 1.27 bits per heavy atom. The molecule has 7 heteroatoms. The van der Waals surface area contributed by atoms with Crippen molar-refractivity contribution in [3.63, 3.8) is 0 Å². The van der Waals surface area contributed by atoms with Gasteiger partial charge in [-0.1, -0.05) is 11.6 Å². The molecule has 1 aromatic rings. The van der Waals surface area contributed by atoms with Crippen LogP contribution < -0.4 is 10.6 Å². The summed E-state index contributed by atoms with van der Waals surface area (Å²) in [5.41, 5.74) is 0. The number of halogens is 1. The second-order valence-corrected chi connectivity index (χ2v) is 6.64. The fourth-order valence-electron chi connectivity index (χ4n) is 1.66. The second kappa shape index (κ2) is 9.71. The number of carbonyl (C=O) groups excluding carboxylic acids is 2. The molecule has 0 saturated heterocycles. The van der Waals surface area contributed by atoms with Crippen LogP contribution in [-0.4, -0.2) is 55.7 Å². The molecule has 5 nitrogen and oxygen atoms in total. The summed E-state index contributed by atoms with van der Waals surface area (Å²) in [5.74, 6) is 0.0811. The number of benzene rings is 1. The number of carbonyl (C=O) groups is 2. The molecule has 22 heavy (non-hydrogen) atoms. The summed E-state index contributed by atoms with van der Waals surface area (Å²) in [5, 5.41) is 6.19. The number of thioether (sulfide) groups is 1. The van der Waals surface area contributed by atoms with Crippen LogP contribution in [-0.2, 0) is 9.59 Å². The topological polar surface area (TPSA) is 61.4 Å². The summed E-state index contributed by atoms with van der Waals surface area (Å²) in [6.07, 6.45) is 0. The molecule has 0 aliphatic heterocycles. The lowest BCUT2D eigenvalue weighted by atomic mass is 10.3. The van der Waals surface area contributed by atoms with E-state index in [1.165, 1.54) is 18.7 Å². The molecule has 1 unspecified atom stereocenters. The van der Waals surface area contributed by atoms with Gasteiger partial charge in [-0.05, 0) is 38.4 Å². The van der Waals surface area contributed by atoms with Gasteiger partial charge in [0, 0.05) is 35.7 Å². The van der Waals surface area contributed by atoms with E-state index in [2.05, 4.69) is 10.6 Å². The number of nitrogens with one attached hydrogen (secondary N) is 2. The molecular formula is C15H22ClN3O2S. The zero-order valence-corrected chi connectivity index (χ0v) is 14.6. The van der Waals surface area contributed by atoms with Gasteiger partial charge in [0.1, 0.15) is 6.04 Å². The van der Waals surface area contributed by atoms with E-state index in [9.17, 15) is 9.59 Å². The van der Waals surface area contributed by atoms with Crippen LogP contribution in [0.5, 0.6) is 0 Å². The maximum atomic E-state index is 12.2. The van der Waals surface area contributed by atoms with E-state index in [1.807, 2.05) is 31.1 Å². The fraction of sp³-hybridized carbons (Fsp3) is 0.467. The Morgan fingerprint density at radius 3 is 2.45 bits per heavy atom. The zero-order valence-electron chi connectivity index (χ0n) is 13.1. The quantitative estimate of drug-likeness (QED) is 0.704. The van der Waals surface area contributed by atoms with Crippen molar-refractivity contribution in [1.82, 2.24) is 15.5 Å². The first-order valence-corrected chi connectivity index (χ1v) is 8.32. The number of hydrogen-bond acceptors (Lipinski definition) is 4. The largest absolute Gasteiger partial charge is 0.353 e. The van der Waals surface area contributed by atoms with E-state index in [0.29, 0.717) is 17.3 Å². The van der Waals surface area contributed by atoms with Gasteiger partial charge < -0.3 is 15.5 Å². The van der Waals surface area contributed by atoms with E-state index in [0.717, 1.165) is 11.4 Å². The van der Waals surface area contributed by atoms with Crippen molar-refractivity contribution < 1.29 is 9.59 Å². The van der Waals surface area contributed by atoms with Crippen LogP contribution in [0.3, 0.4) is 0 Å². The number of rotatable bonds is 8. The molecule has 0 bridgehead atoms. The maximum Gasteiger partial charge on any atom is 0.243 e. The normalized spacial score (nSPS) is 12.0. The lowest BCUT2D eigenvalue weighted by Crippen LogP contribution is -2.48. The van der Waals surface area contributed by atoms with E-state index in [4.69, 9.17) is 11.6 Å². The van der Waals surface area contributed by atoms with Crippen molar-refractivity contribution in [2.75, 3.05) is 32.9 Å². The average Bonchev–Trinajstić information content (AvgIpc) is 2.44. The van der Waals surface area contributed by atoms with Crippen LogP contribution >= 0.6 is 23.4 Å². The highest BCUT2D eigenvalue weighted by molar-refractivity contribution is 7.99. The Kier molecular flexibility index (Phi) is 8.30. The molecule has 0 saturated carbocycles. The van der Waals surface area contributed by atoms with Crippen molar-refractivity contribution >= 4 is 35.2 Å². The smallest absolute Gasteiger partial charge is 0.243 e. The van der Waals surface area contributed by atoms with E-state index in [-0.39, 0.29) is 11.8 Å². The molecule has 1 atom stereocenters. The van der Waals surface area contributed by atoms with Gasteiger partial charge in [-0.25, -0.2) is 0 Å². The Bertz CT molecular complexity index is 494. The van der Waals surface area contributed by atoms with Crippen LogP contribution in [0.15, 0.2) is 29.2 Å². The van der Waals surface area contributed by atoms with Crippen molar-refractivity contribution in [3.05, 3.63) is 29.3 Å². The highest BCUT2D eigenvalue weighted by Gasteiger charge is 2.19. The monoisotopic (exact) mass is 343 g/mol. The first-order valence-electron chi connectivity index (χ1n) is 6.96. The van der Waals surface area contributed by atoms with E-state index >= 15 is 0 Å². The molecule has 0 fully saturated rings. The summed E-state index contributed by atoms with van der Waals surface area (Å²) in [6, 6.07) is 6.83. The van der Waals surface area contributed by atoms with Crippen LogP contribution in [0.2, 0.25) is 5.02 Å². The minimum Gasteiger partial charge on any atom is -0.353 e. The third-order valence-corrected chi connectivity index (χ3v) is 4.14. The van der Waals surface area contributed by atoms with E-state index in [1.54, 1.807) is 12.1 Å². The summed E-state index contributed by atoms with van der Waals surface area (Å²) in [6.45, 7) is 2.71. The van der Waals surface area contributed by atoms with Gasteiger partial charge in [0.15, 0.2) is 0 Å². The molecule has 0 aliphatic rings. The molecule has 0 aliphatic carbocycles. The van der Waals surface area contributed by atoms with Gasteiger partial charge >= 0.3 is 0 Å². The van der Waals surface area contributed by atoms with Gasteiger partial charge in [-0.15, -0.1) is 11.8 Å². The van der Waals surface area contributed by atoms with Crippen LogP contribution in [0, 0.1) is 0 Å². The van der Waals surface area contributed by atoms with Gasteiger partial charge in [0.05, 0.1) is 0 Å². The van der Waals surface area contributed by atoms with Crippen LogP contribution in [0.4, 0.5) is 0 Å². The number of nitrogens with zero attached hydrogens (tertiary/aromatic N) is 1. The lowest BCUT2D eigenvalue weighted by molar-refractivity contribution is -0.127. The van der Waals surface area contributed by atoms with Crippen LogP contribution in [0.25, 0.3) is 0 Å². The predicted molar refractivity (Wildman–Crippen MR) is 91.3 cm³/mol. The standard InChI is InChI=1S/C15H22ClN3O2S/c1-11(20)18-14(15(21)17-8-9-19(2)3)10-22-13-6-4-12(16)5-7-13/h4-7,14H,8-10H2,1-3H3,(H,17,21)(H,18,20).